The molecule has 120 valence electrons. The summed E-state index contributed by atoms with van der Waals surface area (Å²) in [5.41, 5.74) is 0.263. The van der Waals surface area contributed by atoms with Gasteiger partial charge in [0.15, 0.2) is 0 Å². The van der Waals surface area contributed by atoms with Crippen LogP contribution in [0.4, 0.5) is 0 Å². The third-order valence-corrected chi connectivity index (χ3v) is 3.32. The molecular formula is C18H18O5. The topological polar surface area (TPSA) is 72.8 Å². The zero-order chi connectivity index (χ0) is 16.8. The molecule has 23 heavy (non-hydrogen) atoms. The molecule has 0 amide bonds. The van der Waals surface area contributed by atoms with Crippen LogP contribution < -0.4 is 9.47 Å². The summed E-state index contributed by atoms with van der Waals surface area (Å²) in [4.78, 5) is 23.2. The van der Waals surface area contributed by atoms with E-state index in [1.54, 1.807) is 36.4 Å². The van der Waals surface area contributed by atoms with Gasteiger partial charge in [-0.1, -0.05) is 19.1 Å². The Kier molecular flexibility index (Phi) is 5.36. The number of benzene rings is 2. The highest BCUT2D eigenvalue weighted by molar-refractivity contribution is 5.95. The second-order valence-corrected chi connectivity index (χ2v) is 5.05. The molecule has 2 aromatic rings. The third-order valence-electron chi connectivity index (χ3n) is 3.32. The first kappa shape index (κ1) is 16.5. The number of hydrogen-bond donors (Lipinski definition) is 1. The fraction of sp³-hybridized carbons (Fsp3) is 0.222. The molecule has 5 heteroatoms. The SMILES string of the molecule is CCC(C)Oc1ccc(C(=O)Oc2ccccc2C(=O)O)cc1. The second kappa shape index (κ2) is 7.45. The molecule has 1 atom stereocenters. The summed E-state index contributed by atoms with van der Waals surface area (Å²) in [7, 11) is 0. The zero-order valence-corrected chi connectivity index (χ0v) is 13.0. The smallest absolute Gasteiger partial charge is 0.343 e. The quantitative estimate of drug-likeness (QED) is 0.649. The van der Waals surface area contributed by atoms with Crippen molar-refractivity contribution in [1.29, 1.82) is 0 Å². The summed E-state index contributed by atoms with van der Waals surface area (Å²) in [6, 6.07) is 12.6. The average Bonchev–Trinajstić information content (AvgIpc) is 2.55. The molecule has 0 aliphatic rings. The largest absolute Gasteiger partial charge is 0.491 e. The molecule has 0 saturated heterocycles. The molecule has 2 aromatic carbocycles. The molecule has 0 fully saturated rings. The number of rotatable bonds is 6. The number of carbonyl (C=O) groups excluding carboxylic acids is 1. The fourth-order valence-corrected chi connectivity index (χ4v) is 1.88. The molecule has 0 aliphatic heterocycles. The lowest BCUT2D eigenvalue weighted by molar-refractivity contribution is 0.0681. The number of carbonyl (C=O) groups is 2. The van der Waals surface area contributed by atoms with Crippen LogP contribution in [-0.2, 0) is 0 Å². The van der Waals surface area contributed by atoms with E-state index in [9.17, 15) is 9.59 Å². The number of carboxylic acid groups (broad SMARTS) is 1. The molecule has 1 unspecified atom stereocenters. The lowest BCUT2D eigenvalue weighted by Gasteiger charge is -2.12. The summed E-state index contributed by atoms with van der Waals surface area (Å²) in [6.45, 7) is 3.99. The minimum absolute atomic E-state index is 0.0185. The van der Waals surface area contributed by atoms with Crippen molar-refractivity contribution in [3.8, 4) is 11.5 Å². The van der Waals surface area contributed by atoms with Crippen molar-refractivity contribution in [2.24, 2.45) is 0 Å². The van der Waals surface area contributed by atoms with Crippen molar-refractivity contribution in [3.05, 3.63) is 59.7 Å². The van der Waals surface area contributed by atoms with Crippen LogP contribution in [0.25, 0.3) is 0 Å². The first-order chi connectivity index (χ1) is 11.0. The highest BCUT2D eigenvalue weighted by Gasteiger charge is 2.15. The van der Waals surface area contributed by atoms with Gasteiger partial charge in [-0.05, 0) is 49.7 Å². The summed E-state index contributed by atoms with van der Waals surface area (Å²) >= 11 is 0. The van der Waals surface area contributed by atoms with Crippen molar-refractivity contribution in [3.63, 3.8) is 0 Å². The minimum Gasteiger partial charge on any atom is -0.491 e. The van der Waals surface area contributed by atoms with E-state index in [0.29, 0.717) is 11.3 Å². The first-order valence-electron chi connectivity index (χ1n) is 7.32. The van der Waals surface area contributed by atoms with E-state index in [1.807, 2.05) is 13.8 Å². The first-order valence-corrected chi connectivity index (χ1v) is 7.32. The maximum absolute atomic E-state index is 12.1. The number of hydrogen-bond acceptors (Lipinski definition) is 4. The Bertz CT molecular complexity index is 691. The van der Waals surface area contributed by atoms with E-state index in [1.165, 1.54) is 12.1 Å². The maximum atomic E-state index is 12.1. The lowest BCUT2D eigenvalue weighted by Crippen LogP contribution is -2.12. The summed E-state index contributed by atoms with van der Waals surface area (Å²) in [5, 5.41) is 9.08. The van der Waals surface area contributed by atoms with Crippen LogP contribution in [0, 0.1) is 0 Å². The Balaban J connectivity index is 2.11. The van der Waals surface area contributed by atoms with Gasteiger partial charge in [-0.2, -0.15) is 0 Å². The lowest BCUT2D eigenvalue weighted by atomic mass is 10.2. The van der Waals surface area contributed by atoms with Crippen LogP contribution in [0.3, 0.4) is 0 Å². The van der Waals surface area contributed by atoms with Gasteiger partial charge in [-0.3, -0.25) is 0 Å². The molecule has 0 spiro atoms. The van der Waals surface area contributed by atoms with E-state index >= 15 is 0 Å². The van der Waals surface area contributed by atoms with Gasteiger partial charge in [-0.15, -0.1) is 0 Å². The van der Waals surface area contributed by atoms with Crippen LogP contribution in [0.5, 0.6) is 11.5 Å². The molecule has 0 bridgehead atoms. The monoisotopic (exact) mass is 314 g/mol. The van der Waals surface area contributed by atoms with Gasteiger partial charge in [0, 0.05) is 0 Å². The van der Waals surface area contributed by atoms with Crippen molar-refractivity contribution in [1.82, 2.24) is 0 Å². The van der Waals surface area contributed by atoms with E-state index in [0.717, 1.165) is 6.42 Å². The normalized spacial score (nSPS) is 11.6. The van der Waals surface area contributed by atoms with Crippen molar-refractivity contribution in [2.45, 2.75) is 26.4 Å². The summed E-state index contributed by atoms with van der Waals surface area (Å²) < 4.78 is 10.8. The van der Waals surface area contributed by atoms with Crippen molar-refractivity contribution >= 4 is 11.9 Å². The van der Waals surface area contributed by atoms with Crippen LogP contribution >= 0.6 is 0 Å². The van der Waals surface area contributed by atoms with Crippen LogP contribution in [0.15, 0.2) is 48.5 Å². The molecular weight excluding hydrogens is 296 g/mol. The van der Waals surface area contributed by atoms with E-state index < -0.39 is 11.9 Å². The maximum Gasteiger partial charge on any atom is 0.343 e. The number of aromatic carboxylic acids is 1. The van der Waals surface area contributed by atoms with Crippen molar-refractivity contribution in [2.75, 3.05) is 0 Å². The summed E-state index contributed by atoms with van der Waals surface area (Å²) in [6.07, 6.45) is 0.978. The predicted octanol–water partition coefficient (Wildman–Crippen LogP) is 3.78. The van der Waals surface area contributed by atoms with Gasteiger partial charge in [0.25, 0.3) is 0 Å². The van der Waals surface area contributed by atoms with E-state index in [4.69, 9.17) is 14.6 Å². The Hall–Kier alpha value is -2.82. The Morgan fingerprint density at radius 1 is 1.09 bits per heavy atom. The molecule has 0 heterocycles. The molecule has 5 nitrogen and oxygen atoms in total. The molecule has 2 rings (SSSR count). The van der Waals surface area contributed by atoms with E-state index in [2.05, 4.69) is 0 Å². The number of carboxylic acids is 1. The van der Waals surface area contributed by atoms with Gasteiger partial charge >= 0.3 is 11.9 Å². The molecule has 0 saturated carbocycles. The predicted molar refractivity (Wildman–Crippen MR) is 85.2 cm³/mol. The fourth-order valence-electron chi connectivity index (χ4n) is 1.88. The highest BCUT2D eigenvalue weighted by Crippen LogP contribution is 2.20. The van der Waals surface area contributed by atoms with Crippen molar-refractivity contribution < 1.29 is 24.2 Å². The van der Waals surface area contributed by atoms with Crippen LogP contribution in [0.1, 0.15) is 41.0 Å². The van der Waals surface area contributed by atoms with Gasteiger partial charge in [-0.25, -0.2) is 9.59 Å². The molecule has 0 radical (unpaired) electrons. The Labute approximate surface area is 134 Å². The van der Waals surface area contributed by atoms with Gasteiger partial charge < -0.3 is 14.6 Å². The number of esters is 1. The molecule has 0 aliphatic carbocycles. The zero-order valence-electron chi connectivity index (χ0n) is 13.0. The van der Waals surface area contributed by atoms with Gasteiger partial charge in [0.2, 0.25) is 0 Å². The number of para-hydroxylation sites is 1. The van der Waals surface area contributed by atoms with Gasteiger partial charge in [0.05, 0.1) is 11.7 Å². The Morgan fingerprint density at radius 2 is 1.74 bits per heavy atom. The average molecular weight is 314 g/mol. The van der Waals surface area contributed by atoms with E-state index in [-0.39, 0.29) is 17.4 Å². The van der Waals surface area contributed by atoms with Crippen LogP contribution in [-0.4, -0.2) is 23.1 Å². The van der Waals surface area contributed by atoms with Gasteiger partial charge in [0.1, 0.15) is 17.1 Å². The third kappa shape index (κ3) is 4.32. The van der Waals surface area contributed by atoms with Crippen LogP contribution in [0.2, 0.25) is 0 Å². The molecule has 1 N–H and O–H groups in total. The molecule has 0 aromatic heterocycles. The standard InChI is InChI=1S/C18H18O5/c1-3-12(2)22-14-10-8-13(9-11-14)18(21)23-16-7-5-4-6-15(16)17(19)20/h4-12H,3H2,1-2H3,(H,19,20). The number of ether oxygens (including phenoxy) is 2. The second-order valence-electron chi connectivity index (χ2n) is 5.05. The summed E-state index contributed by atoms with van der Waals surface area (Å²) in [5.74, 6) is -1.08. The highest BCUT2D eigenvalue weighted by atomic mass is 16.5. The minimum atomic E-state index is -1.15. The Morgan fingerprint density at radius 3 is 2.35 bits per heavy atom.